The van der Waals surface area contributed by atoms with Crippen molar-refractivity contribution in [2.75, 3.05) is 0 Å². The molecule has 2 aromatic rings. The predicted octanol–water partition coefficient (Wildman–Crippen LogP) is -1.71. The van der Waals surface area contributed by atoms with Gasteiger partial charge in [-0.2, -0.15) is 4.57 Å². The maximum atomic E-state index is 11.2. The Morgan fingerprint density at radius 2 is 1.72 bits per heavy atom. The van der Waals surface area contributed by atoms with Crippen LogP contribution >= 0.6 is 0 Å². The van der Waals surface area contributed by atoms with Crippen molar-refractivity contribution in [3.63, 3.8) is 0 Å². The largest absolute Gasteiger partial charge is 1.00 e. The Labute approximate surface area is 111 Å². The average molecular weight is 267 g/mol. The topological polar surface area (TPSA) is 57.0 Å². The zero-order valence-corrected chi connectivity index (χ0v) is 11.2. The molecule has 0 spiro atoms. The Bertz CT molecular complexity index is 589. The van der Waals surface area contributed by atoms with E-state index in [9.17, 15) is 9.90 Å². The van der Waals surface area contributed by atoms with Crippen LogP contribution in [-0.4, -0.2) is 10.1 Å². The monoisotopic (exact) mass is 266 g/mol. The summed E-state index contributed by atoms with van der Waals surface area (Å²) in [6, 6.07) is 7.35. The zero-order valence-electron chi connectivity index (χ0n) is 10.5. The van der Waals surface area contributed by atoms with Crippen molar-refractivity contribution < 1.29 is 22.1 Å². The number of aromatic amines is 1. The number of hydrogen-bond donors (Lipinski definition) is 2. The molecule has 96 valence electrons. The number of aromatic hydroxyl groups is 1. The second-order valence-corrected chi connectivity index (χ2v) is 4.16. The summed E-state index contributed by atoms with van der Waals surface area (Å²) in [6.07, 6.45) is 0. The van der Waals surface area contributed by atoms with Crippen LogP contribution in [-0.2, 0) is 0 Å². The highest BCUT2D eigenvalue weighted by atomic mass is 35.5. The third kappa shape index (κ3) is 2.38. The maximum Gasteiger partial charge on any atom is 0.274 e. The first-order valence-corrected chi connectivity index (χ1v) is 5.42. The SMILES string of the molecule is Cc1cc(=O)[nH]c(O)c1-[n+]1c(C)cccc1C.[Cl-]. The number of rotatable bonds is 1. The molecular weight excluding hydrogens is 252 g/mol. The van der Waals surface area contributed by atoms with E-state index in [2.05, 4.69) is 4.98 Å². The molecule has 0 aliphatic heterocycles. The fraction of sp³-hybridized carbons (Fsp3) is 0.231. The van der Waals surface area contributed by atoms with E-state index in [1.165, 1.54) is 6.07 Å². The minimum atomic E-state index is -0.296. The molecule has 0 aliphatic rings. The van der Waals surface area contributed by atoms with Gasteiger partial charge in [-0.25, -0.2) is 0 Å². The fourth-order valence-corrected chi connectivity index (χ4v) is 2.05. The van der Waals surface area contributed by atoms with Crippen molar-refractivity contribution in [2.45, 2.75) is 20.8 Å². The van der Waals surface area contributed by atoms with Crippen molar-refractivity contribution in [1.82, 2.24) is 4.98 Å². The molecule has 0 atom stereocenters. The molecule has 0 saturated carbocycles. The lowest BCUT2D eigenvalue weighted by Gasteiger charge is -2.06. The van der Waals surface area contributed by atoms with Crippen molar-refractivity contribution in [1.29, 1.82) is 0 Å². The van der Waals surface area contributed by atoms with Crippen molar-refractivity contribution in [2.24, 2.45) is 0 Å². The number of H-pyrrole nitrogens is 1. The Morgan fingerprint density at radius 3 is 2.22 bits per heavy atom. The second-order valence-electron chi connectivity index (χ2n) is 4.16. The van der Waals surface area contributed by atoms with Gasteiger partial charge >= 0.3 is 0 Å². The molecule has 0 amide bonds. The third-order valence-corrected chi connectivity index (χ3v) is 2.79. The lowest BCUT2D eigenvalue weighted by atomic mass is 10.2. The van der Waals surface area contributed by atoms with Crippen LogP contribution in [0.15, 0.2) is 29.1 Å². The predicted molar refractivity (Wildman–Crippen MR) is 64.5 cm³/mol. The number of aryl methyl sites for hydroxylation is 3. The maximum absolute atomic E-state index is 11.2. The minimum Gasteiger partial charge on any atom is -1.00 e. The summed E-state index contributed by atoms with van der Waals surface area (Å²) in [6.45, 7) is 5.72. The van der Waals surface area contributed by atoms with Crippen molar-refractivity contribution in [3.8, 4) is 11.6 Å². The number of halogens is 1. The highest BCUT2D eigenvalue weighted by molar-refractivity contribution is 5.40. The standard InChI is InChI=1S/C13H14N2O2.ClH/c1-8-7-11(16)14-13(17)12(8)15-9(2)5-4-6-10(15)3;/h4-7H,1-3H3,(H-,14,16,17);1H. The Balaban J connectivity index is 0.00000162. The molecule has 0 aliphatic carbocycles. The number of aromatic nitrogens is 2. The van der Waals surface area contributed by atoms with Gasteiger partial charge in [0.1, 0.15) is 0 Å². The number of nitrogens with zero attached hydrogens (tertiary/aromatic N) is 1. The van der Waals surface area contributed by atoms with Gasteiger partial charge in [0.05, 0.1) is 0 Å². The summed E-state index contributed by atoms with van der Waals surface area (Å²) in [5.41, 5.74) is 3.07. The van der Waals surface area contributed by atoms with E-state index in [0.717, 1.165) is 17.0 Å². The average Bonchev–Trinajstić information content (AvgIpc) is 2.21. The number of nitrogens with one attached hydrogen (secondary N) is 1. The van der Waals surface area contributed by atoms with E-state index in [1.54, 1.807) is 0 Å². The fourth-order valence-electron chi connectivity index (χ4n) is 2.05. The van der Waals surface area contributed by atoms with Crippen LogP contribution in [0.2, 0.25) is 0 Å². The van der Waals surface area contributed by atoms with Crippen LogP contribution in [0.1, 0.15) is 17.0 Å². The van der Waals surface area contributed by atoms with E-state index >= 15 is 0 Å². The molecule has 18 heavy (non-hydrogen) atoms. The first kappa shape index (κ1) is 14.3. The molecule has 0 fully saturated rings. The normalized spacial score (nSPS) is 9.94. The summed E-state index contributed by atoms with van der Waals surface area (Å²) in [5, 5.41) is 9.90. The van der Waals surface area contributed by atoms with Gasteiger partial charge < -0.3 is 17.5 Å². The van der Waals surface area contributed by atoms with Gasteiger partial charge in [0.2, 0.25) is 0 Å². The smallest absolute Gasteiger partial charge is 0.274 e. The van der Waals surface area contributed by atoms with Gasteiger partial charge in [-0.05, 0) is 13.0 Å². The highest BCUT2D eigenvalue weighted by Gasteiger charge is 2.21. The summed E-state index contributed by atoms with van der Waals surface area (Å²) in [5.74, 6) is -0.0996. The molecular formula is C13H15ClN2O2. The van der Waals surface area contributed by atoms with Crippen LogP contribution < -0.4 is 22.5 Å². The van der Waals surface area contributed by atoms with Crippen LogP contribution in [0.4, 0.5) is 0 Å². The zero-order chi connectivity index (χ0) is 12.6. The quantitative estimate of drug-likeness (QED) is 0.604. The van der Waals surface area contributed by atoms with Crippen molar-refractivity contribution >= 4 is 0 Å². The highest BCUT2D eigenvalue weighted by Crippen LogP contribution is 2.16. The van der Waals surface area contributed by atoms with E-state index in [4.69, 9.17) is 0 Å². The van der Waals surface area contributed by atoms with Gasteiger partial charge in [-0.1, -0.05) is 0 Å². The molecule has 2 aromatic heterocycles. The van der Waals surface area contributed by atoms with Gasteiger partial charge in [-0.3, -0.25) is 9.78 Å². The summed E-state index contributed by atoms with van der Waals surface area (Å²) in [7, 11) is 0. The minimum absolute atomic E-state index is 0. The Hall–Kier alpha value is -1.81. The summed E-state index contributed by atoms with van der Waals surface area (Å²) in [4.78, 5) is 13.7. The molecule has 0 radical (unpaired) electrons. The summed E-state index contributed by atoms with van der Waals surface area (Å²) >= 11 is 0. The molecule has 4 nitrogen and oxygen atoms in total. The van der Waals surface area contributed by atoms with Gasteiger partial charge in [0.25, 0.3) is 17.1 Å². The van der Waals surface area contributed by atoms with E-state index < -0.39 is 0 Å². The molecule has 0 saturated heterocycles. The Morgan fingerprint density at radius 1 is 1.17 bits per heavy atom. The Kier molecular flexibility index (Phi) is 4.14. The van der Waals surface area contributed by atoms with Gasteiger partial charge in [0.15, 0.2) is 11.4 Å². The van der Waals surface area contributed by atoms with Crippen LogP contribution in [0.5, 0.6) is 5.88 Å². The third-order valence-electron chi connectivity index (χ3n) is 2.79. The molecule has 2 N–H and O–H groups in total. The number of pyridine rings is 2. The molecule has 0 unspecified atom stereocenters. The first-order valence-electron chi connectivity index (χ1n) is 5.42. The van der Waals surface area contributed by atoms with Crippen LogP contribution in [0.25, 0.3) is 5.69 Å². The van der Waals surface area contributed by atoms with E-state index in [-0.39, 0.29) is 23.8 Å². The molecule has 0 bridgehead atoms. The molecule has 2 rings (SSSR count). The molecule has 0 aromatic carbocycles. The van der Waals surface area contributed by atoms with Gasteiger partial charge in [-0.15, -0.1) is 0 Å². The first-order chi connectivity index (χ1) is 8.00. The second kappa shape index (κ2) is 5.23. The van der Waals surface area contributed by atoms with E-state index in [0.29, 0.717) is 5.69 Å². The lowest BCUT2D eigenvalue weighted by molar-refractivity contribution is -0.610. The van der Waals surface area contributed by atoms with Crippen LogP contribution in [0.3, 0.4) is 0 Å². The van der Waals surface area contributed by atoms with Crippen molar-refractivity contribution in [3.05, 3.63) is 51.6 Å². The van der Waals surface area contributed by atoms with Gasteiger partial charge in [0, 0.05) is 37.6 Å². The van der Waals surface area contributed by atoms with E-state index in [1.807, 2.05) is 43.5 Å². The molecule has 2 heterocycles. The number of hydrogen-bond acceptors (Lipinski definition) is 2. The van der Waals surface area contributed by atoms with Crippen LogP contribution in [0, 0.1) is 20.8 Å². The summed E-state index contributed by atoms with van der Waals surface area (Å²) < 4.78 is 1.92. The lowest BCUT2D eigenvalue weighted by Crippen LogP contribution is -3.00. The molecule has 5 heteroatoms.